The van der Waals surface area contributed by atoms with Crippen LogP contribution in [-0.4, -0.2) is 41.3 Å². The van der Waals surface area contributed by atoms with Gasteiger partial charge in [0.25, 0.3) is 0 Å². The van der Waals surface area contributed by atoms with E-state index in [9.17, 15) is 0 Å². The van der Waals surface area contributed by atoms with Crippen LogP contribution in [0.2, 0.25) is 5.28 Å². The molecule has 0 amide bonds. The second-order valence-corrected chi connectivity index (χ2v) is 3.60. The van der Waals surface area contributed by atoms with Crippen LogP contribution in [0.1, 0.15) is 13.8 Å². The summed E-state index contributed by atoms with van der Waals surface area (Å²) in [5.74, 6) is 0.379. The lowest BCUT2D eigenvalue weighted by Crippen LogP contribution is -2.15. The van der Waals surface area contributed by atoms with E-state index < -0.39 is 0 Å². The van der Waals surface area contributed by atoms with Gasteiger partial charge >= 0.3 is 6.01 Å². The largest absolute Gasteiger partial charge is 0.467 e. The van der Waals surface area contributed by atoms with Crippen LogP contribution in [0, 0.1) is 0 Å². The van der Waals surface area contributed by atoms with Crippen LogP contribution in [-0.2, 0) is 4.74 Å². The van der Waals surface area contributed by atoms with Gasteiger partial charge in [0.05, 0.1) is 19.8 Å². The third kappa shape index (κ3) is 4.59. The highest BCUT2D eigenvalue weighted by atomic mass is 35.5. The van der Waals surface area contributed by atoms with Gasteiger partial charge in [-0.3, -0.25) is 0 Å². The number of rotatable bonds is 6. The zero-order chi connectivity index (χ0) is 12.0. The van der Waals surface area contributed by atoms with Crippen LogP contribution in [0.15, 0.2) is 0 Å². The minimum Gasteiger partial charge on any atom is -0.467 e. The van der Waals surface area contributed by atoms with E-state index in [2.05, 4.69) is 20.3 Å². The van der Waals surface area contributed by atoms with Crippen molar-refractivity contribution in [2.75, 3.05) is 25.6 Å². The summed E-state index contributed by atoms with van der Waals surface area (Å²) in [5, 5.41) is 3.06. The Hall–Kier alpha value is -1.14. The van der Waals surface area contributed by atoms with Gasteiger partial charge in [-0.05, 0) is 25.4 Å². The number of ether oxygens (including phenoxy) is 2. The molecule has 0 aliphatic heterocycles. The quantitative estimate of drug-likeness (QED) is 0.765. The molecule has 6 nitrogen and oxygen atoms in total. The van der Waals surface area contributed by atoms with Crippen LogP contribution < -0.4 is 10.1 Å². The van der Waals surface area contributed by atoms with Gasteiger partial charge in [-0.2, -0.15) is 15.0 Å². The van der Waals surface area contributed by atoms with E-state index in [1.807, 2.05) is 13.8 Å². The van der Waals surface area contributed by atoms with E-state index >= 15 is 0 Å². The topological polar surface area (TPSA) is 69.2 Å². The monoisotopic (exact) mass is 246 g/mol. The first-order valence-corrected chi connectivity index (χ1v) is 5.30. The molecule has 1 heterocycles. The Kier molecular flexibility index (Phi) is 5.21. The number of nitrogens with zero attached hydrogens (tertiary/aromatic N) is 3. The third-order valence-corrected chi connectivity index (χ3v) is 1.78. The van der Waals surface area contributed by atoms with Crippen molar-refractivity contribution in [3.63, 3.8) is 0 Å². The van der Waals surface area contributed by atoms with E-state index in [-0.39, 0.29) is 17.4 Å². The summed E-state index contributed by atoms with van der Waals surface area (Å²) in [7, 11) is 1.47. The average Bonchev–Trinajstić information content (AvgIpc) is 2.23. The zero-order valence-corrected chi connectivity index (χ0v) is 10.3. The van der Waals surface area contributed by atoms with Crippen molar-refractivity contribution < 1.29 is 9.47 Å². The minimum absolute atomic E-state index is 0.0964. The van der Waals surface area contributed by atoms with Gasteiger partial charge in [0, 0.05) is 6.54 Å². The zero-order valence-electron chi connectivity index (χ0n) is 9.53. The molecule has 0 saturated heterocycles. The second kappa shape index (κ2) is 6.44. The normalized spacial score (nSPS) is 10.6. The van der Waals surface area contributed by atoms with Crippen LogP contribution in [0.4, 0.5) is 5.95 Å². The highest BCUT2D eigenvalue weighted by Gasteiger charge is 2.04. The molecule has 1 aromatic heterocycles. The maximum Gasteiger partial charge on any atom is 0.322 e. The van der Waals surface area contributed by atoms with E-state index in [0.717, 1.165) is 0 Å². The lowest BCUT2D eigenvalue weighted by Gasteiger charge is -2.08. The smallest absolute Gasteiger partial charge is 0.322 e. The van der Waals surface area contributed by atoms with Crippen molar-refractivity contribution in [2.45, 2.75) is 20.0 Å². The summed E-state index contributed by atoms with van der Waals surface area (Å²) in [6.07, 6.45) is 0.207. The number of hydrogen-bond acceptors (Lipinski definition) is 6. The Bertz CT molecular complexity index is 335. The molecule has 0 fully saturated rings. The molecule has 0 aliphatic rings. The van der Waals surface area contributed by atoms with Crippen molar-refractivity contribution in [1.29, 1.82) is 0 Å². The van der Waals surface area contributed by atoms with Crippen LogP contribution in [0.5, 0.6) is 6.01 Å². The summed E-state index contributed by atoms with van der Waals surface area (Å²) in [4.78, 5) is 11.6. The molecule has 1 aromatic rings. The Morgan fingerprint density at radius 2 is 2.06 bits per heavy atom. The molecule has 0 unspecified atom stereocenters. The van der Waals surface area contributed by atoms with Gasteiger partial charge in [-0.25, -0.2) is 0 Å². The first-order chi connectivity index (χ1) is 7.61. The highest BCUT2D eigenvalue weighted by Crippen LogP contribution is 2.10. The summed E-state index contributed by atoms with van der Waals surface area (Å²) >= 11 is 5.68. The fraction of sp³-hybridized carbons (Fsp3) is 0.667. The molecule has 0 aliphatic carbocycles. The predicted molar refractivity (Wildman–Crippen MR) is 61.0 cm³/mol. The van der Waals surface area contributed by atoms with Gasteiger partial charge in [-0.1, -0.05) is 0 Å². The summed E-state index contributed by atoms with van der Waals surface area (Å²) in [6.45, 7) is 5.12. The maximum absolute atomic E-state index is 5.68. The third-order valence-electron chi connectivity index (χ3n) is 1.61. The number of aromatic nitrogens is 3. The van der Waals surface area contributed by atoms with Gasteiger partial charge in [0.1, 0.15) is 0 Å². The van der Waals surface area contributed by atoms with Crippen molar-refractivity contribution in [3.05, 3.63) is 5.28 Å². The molecule has 90 valence electrons. The standard InChI is InChI=1S/C9H15ClN4O2/c1-6(2)16-5-4-11-8-12-7(10)13-9(14-8)15-3/h6H,4-5H2,1-3H3,(H,11,12,13,14). The van der Waals surface area contributed by atoms with Crippen molar-refractivity contribution in [2.24, 2.45) is 0 Å². The maximum atomic E-state index is 5.68. The summed E-state index contributed by atoms with van der Waals surface area (Å²) < 4.78 is 10.2. The molecule has 0 spiro atoms. The Labute approximate surface area is 99.4 Å². The Balaban J connectivity index is 2.44. The fourth-order valence-electron chi connectivity index (χ4n) is 0.960. The van der Waals surface area contributed by atoms with Crippen molar-refractivity contribution in [1.82, 2.24) is 15.0 Å². The molecule has 1 rings (SSSR count). The number of methoxy groups -OCH3 is 1. The van der Waals surface area contributed by atoms with E-state index in [0.29, 0.717) is 19.1 Å². The predicted octanol–water partition coefficient (Wildman–Crippen LogP) is 1.37. The molecule has 0 atom stereocenters. The van der Waals surface area contributed by atoms with Gasteiger partial charge in [0.2, 0.25) is 11.2 Å². The summed E-state index contributed by atoms with van der Waals surface area (Å²) in [5.41, 5.74) is 0. The molecule has 1 N–H and O–H groups in total. The lowest BCUT2D eigenvalue weighted by molar-refractivity contribution is 0.0869. The molecule has 7 heteroatoms. The highest BCUT2D eigenvalue weighted by molar-refractivity contribution is 6.28. The van der Waals surface area contributed by atoms with Crippen molar-refractivity contribution in [3.8, 4) is 6.01 Å². The summed E-state index contributed by atoms with van der Waals surface area (Å²) in [6, 6.07) is 0.187. The van der Waals surface area contributed by atoms with Gasteiger partial charge in [-0.15, -0.1) is 0 Å². The number of anilines is 1. The van der Waals surface area contributed by atoms with E-state index in [1.54, 1.807) is 0 Å². The van der Waals surface area contributed by atoms with Crippen LogP contribution in [0.25, 0.3) is 0 Å². The molecule has 0 aromatic carbocycles. The van der Waals surface area contributed by atoms with E-state index in [4.69, 9.17) is 21.1 Å². The molecule has 16 heavy (non-hydrogen) atoms. The molecular formula is C9H15ClN4O2. The molecule has 0 radical (unpaired) electrons. The van der Waals surface area contributed by atoms with E-state index in [1.165, 1.54) is 7.11 Å². The Morgan fingerprint density at radius 1 is 1.31 bits per heavy atom. The SMILES string of the molecule is COc1nc(Cl)nc(NCCOC(C)C)n1. The van der Waals surface area contributed by atoms with Crippen LogP contribution in [0.3, 0.4) is 0 Å². The number of halogens is 1. The van der Waals surface area contributed by atoms with Gasteiger partial charge < -0.3 is 14.8 Å². The fourth-order valence-corrected chi connectivity index (χ4v) is 1.11. The van der Waals surface area contributed by atoms with Crippen molar-refractivity contribution >= 4 is 17.5 Å². The first kappa shape index (κ1) is 12.9. The molecule has 0 bridgehead atoms. The van der Waals surface area contributed by atoms with Gasteiger partial charge in [0.15, 0.2) is 0 Å². The average molecular weight is 247 g/mol. The second-order valence-electron chi connectivity index (χ2n) is 3.26. The van der Waals surface area contributed by atoms with Crippen LogP contribution >= 0.6 is 11.6 Å². The lowest BCUT2D eigenvalue weighted by atomic mass is 10.5. The number of hydrogen-bond donors (Lipinski definition) is 1. The Morgan fingerprint density at radius 3 is 2.69 bits per heavy atom. The minimum atomic E-state index is 0.0964. The molecular weight excluding hydrogens is 232 g/mol. The molecule has 0 saturated carbocycles. The number of nitrogens with one attached hydrogen (secondary N) is 1. The first-order valence-electron chi connectivity index (χ1n) is 4.93.